The number of methoxy groups -OCH3 is 1. The predicted octanol–water partition coefficient (Wildman–Crippen LogP) is 1.72. The maximum absolute atomic E-state index is 11.8. The number of benzene rings is 1. The van der Waals surface area contributed by atoms with Gasteiger partial charge in [-0.3, -0.25) is 9.20 Å². The number of nitrogens with zero attached hydrogens (tertiary/aromatic N) is 1. The number of guanidine groups is 1. The van der Waals surface area contributed by atoms with Gasteiger partial charge in [-0.1, -0.05) is 6.42 Å². The molecule has 5 nitrogen and oxygen atoms in total. The Morgan fingerprint density at radius 3 is 2.55 bits per heavy atom. The van der Waals surface area contributed by atoms with Gasteiger partial charge in [-0.15, -0.1) is 0 Å². The highest BCUT2D eigenvalue weighted by atomic mass is 32.2. The van der Waals surface area contributed by atoms with Gasteiger partial charge in [-0.2, -0.15) is 0 Å². The van der Waals surface area contributed by atoms with Crippen molar-refractivity contribution in [2.75, 3.05) is 25.2 Å². The molecule has 1 saturated carbocycles. The molecule has 0 heterocycles. The van der Waals surface area contributed by atoms with E-state index in [0.29, 0.717) is 12.5 Å². The van der Waals surface area contributed by atoms with Crippen LogP contribution in [0.1, 0.15) is 19.3 Å². The second-order valence-electron chi connectivity index (χ2n) is 5.05. The Balaban J connectivity index is 1.95. The topological polar surface area (TPSA) is 76.7 Å². The standard InChI is InChI=1S/C14H21N3O2S/c1-19-12-6-4-11(5-7-12)17-13(15)16-10-14(20(2)18)8-3-9-14/h4-7H,3,8-10H2,1-2H3,(H3,15,16,17). The molecule has 1 aromatic carbocycles. The van der Waals surface area contributed by atoms with Crippen LogP contribution in [-0.4, -0.2) is 34.8 Å². The van der Waals surface area contributed by atoms with E-state index in [1.165, 1.54) is 0 Å². The summed E-state index contributed by atoms with van der Waals surface area (Å²) in [6.07, 6.45) is 4.81. The molecule has 0 aliphatic heterocycles. The van der Waals surface area contributed by atoms with Crippen LogP contribution in [-0.2, 0) is 10.8 Å². The van der Waals surface area contributed by atoms with Crippen LogP contribution in [0.4, 0.5) is 5.69 Å². The zero-order valence-corrected chi connectivity index (χ0v) is 12.7. The van der Waals surface area contributed by atoms with E-state index in [1.807, 2.05) is 24.3 Å². The zero-order chi connectivity index (χ0) is 14.6. The number of ether oxygens (including phenoxy) is 1. The third-order valence-corrected chi connectivity index (χ3v) is 5.53. The highest BCUT2D eigenvalue weighted by molar-refractivity contribution is 7.85. The maximum Gasteiger partial charge on any atom is 0.193 e. The van der Waals surface area contributed by atoms with Crippen molar-refractivity contribution in [3.8, 4) is 5.75 Å². The van der Waals surface area contributed by atoms with Crippen molar-refractivity contribution >= 4 is 22.4 Å². The fourth-order valence-corrected chi connectivity index (χ4v) is 3.31. The van der Waals surface area contributed by atoms with E-state index in [2.05, 4.69) is 10.3 Å². The Bertz CT molecular complexity index is 510. The molecule has 1 aliphatic carbocycles. The van der Waals surface area contributed by atoms with Gasteiger partial charge in [0.15, 0.2) is 5.96 Å². The summed E-state index contributed by atoms with van der Waals surface area (Å²) in [4.78, 5) is 4.34. The fraction of sp³-hybridized carbons (Fsp3) is 0.500. The molecule has 2 rings (SSSR count). The summed E-state index contributed by atoms with van der Waals surface area (Å²) < 4.78 is 16.7. The molecule has 0 aromatic heterocycles. The molecular formula is C14H21N3O2S. The van der Waals surface area contributed by atoms with Gasteiger partial charge in [0.1, 0.15) is 5.75 Å². The number of nitrogens with one attached hydrogen (secondary N) is 1. The first kappa shape index (κ1) is 14.8. The third kappa shape index (κ3) is 3.30. The minimum atomic E-state index is -0.856. The van der Waals surface area contributed by atoms with Gasteiger partial charge in [-0.05, 0) is 37.1 Å². The number of hydrogen-bond donors (Lipinski definition) is 2. The lowest BCUT2D eigenvalue weighted by atomic mass is 9.84. The summed E-state index contributed by atoms with van der Waals surface area (Å²) in [5, 5.41) is 3.03. The lowest BCUT2D eigenvalue weighted by molar-refractivity contribution is 0.361. The van der Waals surface area contributed by atoms with Crippen molar-refractivity contribution in [2.45, 2.75) is 24.0 Å². The molecule has 1 aromatic rings. The van der Waals surface area contributed by atoms with Crippen LogP contribution in [0, 0.1) is 0 Å². The second kappa shape index (κ2) is 6.26. The number of hydrogen-bond acceptors (Lipinski definition) is 3. The SMILES string of the molecule is COc1ccc(NC(N)=NCC2(S(C)=O)CCC2)cc1. The predicted molar refractivity (Wildman–Crippen MR) is 83.8 cm³/mol. The summed E-state index contributed by atoms with van der Waals surface area (Å²) >= 11 is 0. The van der Waals surface area contributed by atoms with E-state index in [4.69, 9.17) is 10.5 Å². The van der Waals surface area contributed by atoms with E-state index >= 15 is 0 Å². The van der Waals surface area contributed by atoms with Gasteiger partial charge in [0.2, 0.25) is 0 Å². The Hall–Kier alpha value is -1.56. The summed E-state index contributed by atoms with van der Waals surface area (Å²) in [5.74, 6) is 1.15. The highest BCUT2D eigenvalue weighted by Crippen LogP contribution is 2.37. The van der Waals surface area contributed by atoms with Gasteiger partial charge < -0.3 is 15.8 Å². The molecule has 0 bridgehead atoms. The third-order valence-electron chi connectivity index (χ3n) is 3.77. The van der Waals surface area contributed by atoms with Gasteiger partial charge >= 0.3 is 0 Å². The van der Waals surface area contributed by atoms with Crippen LogP contribution in [0.15, 0.2) is 29.3 Å². The number of rotatable bonds is 5. The summed E-state index contributed by atoms with van der Waals surface area (Å²) in [6.45, 7) is 0.519. The number of aliphatic imine (C=N–C) groups is 1. The molecule has 0 spiro atoms. The highest BCUT2D eigenvalue weighted by Gasteiger charge is 2.40. The molecule has 0 radical (unpaired) electrons. The number of nitrogens with two attached hydrogens (primary N) is 1. The minimum absolute atomic E-state index is 0.161. The normalized spacial score (nSPS) is 19.0. The lowest BCUT2D eigenvalue weighted by Gasteiger charge is -2.38. The monoisotopic (exact) mass is 295 g/mol. The van der Waals surface area contributed by atoms with Gasteiger partial charge in [-0.25, -0.2) is 0 Å². The zero-order valence-electron chi connectivity index (χ0n) is 11.9. The Labute approximate surface area is 122 Å². The number of anilines is 1. The summed E-state index contributed by atoms with van der Waals surface area (Å²) in [6, 6.07) is 7.45. The summed E-state index contributed by atoms with van der Waals surface area (Å²) in [5.41, 5.74) is 6.73. The van der Waals surface area contributed by atoms with Crippen LogP contribution in [0.25, 0.3) is 0 Å². The van der Waals surface area contributed by atoms with E-state index in [1.54, 1.807) is 13.4 Å². The first-order valence-corrected chi connectivity index (χ1v) is 8.16. The molecular weight excluding hydrogens is 274 g/mol. The maximum atomic E-state index is 11.8. The smallest absolute Gasteiger partial charge is 0.193 e. The van der Waals surface area contributed by atoms with Crippen molar-refractivity contribution < 1.29 is 8.95 Å². The van der Waals surface area contributed by atoms with E-state index in [-0.39, 0.29) is 4.75 Å². The molecule has 20 heavy (non-hydrogen) atoms. The Morgan fingerprint density at radius 2 is 2.10 bits per heavy atom. The van der Waals surface area contributed by atoms with Crippen molar-refractivity contribution in [2.24, 2.45) is 10.7 Å². The fourth-order valence-electron chi connectivity index (χ4n) is 2.20. The van der Waals surface area contributed by atoms with E-state index < -0.39 is 10.8 Å². The molecule has 6 heteroatoms. The first-order chi connectivity index (χ1) is 9.55. The molecule has 110 valence electrons. The minimum Gasteiger partial charge on any atom is -0.497 e. The van der Waals surface area contributed by atoms with Crippen molar-refractivity contribution in [3.05, 3.63) is 24.3 Å². The van der Waals surface area contributed by atoms with Crippen molar-refractivity contribution in [1.82, 2.24) is 0 Å². The average Bonchev–Trinajstić information content (AvgIpc) is 2.38. The molecule has 0 saturated heterocycles. The average molecular weight is 295 g/mol. The van der Waals surface area contributed by atoms with E-state index in [9.17, 15) is 4.21 Å². The Kier molecular flexibility index (Phi) is 4.65. The quantitative estimate of drug-likeness (QED) is 0.640. The van der Waals surface area contributed by atoms with Crippen molar-refractivity contribution in [3.63, 3.8) is 0 Å². The van der Waals surface area contributed by atoms with Crippen LogP contribution >= 0.6 is 0 Å². The molecule has 1 aliphatic rings. The summed E-state index contributed by atoms with van der Waals surface area (Å²) in [7, 11) is 0.770. The van der Waals surface area contributed by atoms with Crippen LogP contribution < -0.4 is 15.8 Å². The molecule has 0 amide bonds. The van der Waals surface area contributed by atoms with Gasteiger partial charge in [0, 0.05) is 22.7 Å². The molecule has 1 unspecified atom stereocenters. The van der Waals surface area contributed by atoms with E-state index in [0.717, 1.165) is 30.7 Å². The van der Waals surface area contributed by atoms with Crippen LogP contribution in [0.3, 0.4) is 0 Å². The molecule has 1 atom stereocenters. The molecule has 3 N–H and O–H groups in total. The van der Waals surface area contributed by atoms with Crippen molar-refractivity contribution in [1.29, 1.82) is 0 Å². The Morgan fingerprint density at radius 1 is 1.45 bits per heavy atom. The lowest BCUT2D eigenvalue weighted by Crippen LogP contribution is -2.44. The second-order valence-corrected chi connectivity index (χ2v) is 6.82. The first-order valence-electron chi connectivity index (χ1n) is 6.60. The largest absolute Gasteiger partial charge is 0.497 e. The van der Waals surface area contributed by atoms with Gasteiger partial charge in [0.05, 0.1) is 18.4 Å². The van der Waals surface area contributed by atoms with Gasteiger partial charge in [0.25, 0.3) is 0 Å². The van der Waals surface area contributed by atoms with Crippen LogP contribution in [0.2, 0.25) is 0 Å². The van der Waals surface area contributed by atoms with Crippen LogP contribution in [0.5, 0.6) is 5.75 Å². The molecule has 1 fully saturated rings.